The number of aromatic amines is 1. The number of hydrogen-bond donors (Lipinski definition) is 1. The van der Waals surface area contributed by atoms with Gasteiger partial charge in [-0.3, -0.25) is 4.90 Å². The smallest absolute Gasteiger partial charge is 0.111 e. The first-order valence-corrected chi connectivity index (χ1v) is 8.39. The number of fused-ring (bicyclic) bond motifs is 1. The van der Waals surface area contributed by atoms with E-state index in [2.05, 4.69) is 53.2 Å². The van der Waals surface area contributed by atoms with Crippen LogP contribution in [0.25, 0.3) is 11.0 Å². The van der Waals surface area contributed by atoms with Crippen LogP contribution >= 0.6 is 0 Å². The van der Waals surface area contributed by atoms with Gasteiger partial charge in [0.15, 0.2) is 0 Å². The van der Waals surface area contributed by atoms with Crippen molar-refractivity contribution in [1.82, 2.24) is 14.9 Å². The summed E-state index contributed by atoms with van der Waals surface area (Å²) in [5, 5.41) is 8.88. The highest BCUT2D eigenvalue weighted by Crippen LogP contribution is 2.28. The Balaban J connectivity index is 1.46. The molecule has 2 heterocycles. The molecule has 0 aliphatic carbocycles. The topological polar surface area (TPSA) is 55.7 Å². The van der Waals surface area contributed by atoms with E-state index in [0.717, 1.165) is 48.5 Å². The number of nitrogens with one attached hydrogen (secondary N) is 1. The summed E-state index contributed by atoms with van der Waals surface area (Å²) >= 11 is 0. The highest BCUT2D eigenvalue weighted by molar-refractivity contribution is 5.75. The molecule has 1 aliphatic rings. The zero-order valence-electron chi connectivity index (χ0n) is 13.8. The number of H-pyrrole nitrogens is 1. The van der Waals surface area contributed by atoms with Crippen LogP contribution in [0, 0.1) is 18.3 Å². The normalized spacial score (nSPS) is 18.1. The number of imidazole rings is 1. The van der Waals surface area contributed by atoms with Gasteiger partial charge in [0.25, 0.3) is 0 Å². The maximum atomic E-state index is 8.88. The van der Waals surface area contributed by atoms with Crippen LogP contribution in [0.2, 0.25) is 0 Å². The van der Waals surface area contributed by atoms with Gasteiger partial charge in [-0.2, -0.15) is 5.26 Å². The number of nitrogens with zero attached hydrogens (tertiary/aromatic N) is 3. The van der Waals surface area contributed by atoms with Crippen LogP contribution in [0.5, 0.6) is 0 Å². The van der Waals surface area contributed by atoms with E-state index in [4.69, 9.17) is 10.2 Å². The van der Waals surface area contributed by atoms with E-state index in [1.165, 1.54) is 11.1 Å². The Hall–Kier alpha value is -2.64. The second-order valence-electron chi connectivity index (χ2n) is 6.67. The third-order valence-electron chi connectivity index (χ3n) is 4.80. The van der Waals surface area contributed by atoms with E-state index in [1.807, 2.05) is 12.1 Å². The summed E-state index contributed by atoms with van der Waals surface area (Å²) in [6.07, 6.45) is 1.13. The van der Waals surface area contributed by atoms with Crippen molar-refractivity contribution in [2.75, 3.05) is 13.1 Å². The Morgan fingerprint density at radius 2 is 2.08 bits per heavy atom. The van der Waals surface area contributed by atoms with E-state index in [-0.39, 0.29) is 0 Å². The van der Waals surface area contributed by atoms with Gasteiger partial charge in [-0.1, -0.05) is 18.2 Å². The quantitative estimate of drug-likeness (QED) is 0.801. The fraction of sp³-hybridized carbons (Fsp3) is 0.300. The van der Waals surface area contributed by atoms with Crippen molar-refractivity contribution < 1.29 is 0 Å². The first-order chi connectivity index (χ1) is 11.7. The van der Waals surface area contributed by atoms with E-state index in [9.17, 15) is 0 Å². The number of benzene rings is 2. The summed E-state index contributed by atoms with van der Waals surface area (Å²) in [5.41, 5.74) is 5.42. The molecular weight excluding hydrogens is 296 g/mol. The maximum absolute atomic E-state index is 8.88. The summed E-state index contributed by atoms with van der Waals surface area (Å²) in [4.78, 5) is 10.7. The molecule has 4 rings (SSSR count). The molecule has 0 radical (unpaired) electrons. The highest BCUT2D eigenvalue weighted by atomic mass is 15.2. The Bertz CT molecular complexity index is 902. The lowest BCUT2D eigenvalue weighted by Gasteiger charge is -2.15. The third-order valence-corrected chi connectivity index (χ3v) is 4.80. The van der Waals surface area contributed by atoms with Crippen molar-refractivity contribution in [3.05, 3.63) is 65.0 Å². The summed E-state index contributed by atoms with van der Waals surface area (Å²) in [5.74, 6) is 1.58. The van der Waals surface area contributed by atoms with Gasteiger partial charge >= 0.3 is 0 Å². The maximum Gasteiger partial charge on any atom is 0.111 e. The van der Waals surface area contributed by atoms with E-state index in [0.29, 0.717) is 5.92 Å². The lowest BCUT2D eigenvalue weighted by Crippen LogP contribution is -2.19. The van der Waals surface area contributed by atoms with Crippen molar-refractivity contribution in [1.29, 1.82) is 5.26 Å². The molecule has 0 amide bonds. The molecule has 1 aliphatic heterocycles. The number of aromatic nitrogens is 2. The first kappa shape index (κ1) is 14.9. The van der Waals surface area contributed by atoms with Crippen molar-refractivity contribution in [2.24, 2.45) is 0 Å². The highest BCUT2D eigenvalue weighted by Gasteiger charge is 2.26. The molecule has 1 aromatic heterocycles. The summed E-state index contributed by atoms with van der Waals surface area (Å²) < 4.78 is 0. The molecule has 1 atom stereocenters. The van der Waals surface area contributed by atoms with Crippen LogP contribution in [0.1, 0.15) is 34.9 Å². The Morgan fingerprint density at radius 3 is 2.88 bits per heavy atom. The number of hydrogen-bond acceptors (Lipinski definition) is 3. The van der Waals surface area contributed by atoms with Crippen LogP contribution in [-0.4, -0.2) is 28.0 Å². The van der Waals surface area contributed by atoms with Crippen LogP contribution in [0.3, 0.4) is 0 Å². The predicted molar refractivity (Wildman–Crippen MR) is 94.6 cm³/mol. The van der Waals surface area contributed by atoms with Gasteiger partial charge in [0.05, 0.1) is 22.7 Å². The molecule has 2 aromatic carbocycles. The SMILES string of the molecule is Cc1ccc2nc([C@H]3CCN(Cc4ccc(C#N)cc4)C3)[nH]c2c1. The fourth-order valence-corrected chi connectivity index (χ4v) is 3.48. The number of likely N-dealkylation sites (tertiary alicyclic amines) is 1. The number of aryl methyl sites for hydroxylation is 1. The van der Waals surface area contributed by atoms with Gasteiger partial charge in [-0.05, 0) is 55.3 Å². The van der Waals surface area contributed by atoms with Gasteiger partial charge in [-0.25, -0.2) is 4.98 Å². The zero-order valence-corrected chi connectivity index (χ0v) is 13.8. The minimum Gasteiger partial charge on any atom is -0.342 e. The Kier molecular flexibility index (Phi) is 3.79. The molecular formula is C20H20N4. The molecule has 120 valence electrons. The molecule has 1 N–H and O–H groups in total. The van der Waals surface area contributed by atoms with E-state index < -0.39 is 0 Å². The summed E-state index contributed by atoms with van der Waals surface area (Å²) in [7, 11) is 0. The largest absolute Gasteiger partial charge is 0.342 e. The first-order valence-electron chi connectivity index (χ1n) is 8.39. The third kappa shape index (κ3) is 2.91. The van der Waals surface area contributed by atoms with Crippen LogP contribution in [0.15, 0.2) is 42.5 Å². The predicted octanol–water partition coefficient (Wildman–Crippen LogP) is 3.73. The molecule has 24 heavy (non-hydrogen) atoms. The van der Waals surface area contributed by atoms with Crippen LogP contribution in [-0.2, 0) is 6.54 Å². The van der Waals surface area contributed by atoms with Crippen LogP contribution < -0.4 is 0 Å². The number of rotatable bonds is 3. The van der Waals surface area contributed by atoms with Crippen molar-refractivity contribution in [2.45, 2.75) is 25.8 Å². The van der Waals surface area contributed by atoms with Crippen molar-refractivity contribution in [3.8, 4) is 6.07 Å². The van der Waals surface area contributed by atoms with Crippen molar-refractivity contribution >= 4 is 11.0 Å². The second kappa shape index (κ2) is 6.10. The lowest BCUT2D eigenvalue weighted by molar-refractivity contribution is 0.326. The van der Waals surface area contributed by atoms with Gasteiger partial charge in [-0.15, -0.1) is 0 Å². The minimum absolute atomic E-state index is 0.469. The average molecular weight is 316 g/mol. The van der Waals surface area contributed by atoms with Crippen molar-refractivity contribution in [3.63, 3.8) is 0 Å². The van der Waals surface area contributed by atoms with Gasteiger partial charge in [0, 0.05) is 19.0 Å². The minimum atomic E-state index is 0.469. The van der Waals surface area contributed by atoms with Gasteiger partial charge < -0.3 is 4.98 Å². The van der Waals surface area contributed by atoms with E-state index in [1.54, 1.807) is 0 Å². The lowest BCUT2D eigenvalue weighted by atomic mass is 10.1. The Labute approximate surface area is 141 Å². The standard InChI is InChI=1S/C20H20N4/c1-14-2-7-18-19(10-14)23-20(22-18)17-8-9-24(13-17)12-16-5-3-15(11-21)4-6-16/h2-7,10,17H,8-9,12-13H2,1H3,(H,22,23)/t17-/m0/s1. The number of nitriles is 1. The Morgan fingerprint density at radius 1 is 1.25 bits per heavy atom. The van der Waals surface area contributed by atoms with Gasteiger partial charge in [0.1, 0.15) is 5.82 Å². The average Bonchev–Trinajstić information content (AvgIpc) is 3.21. The molecule has 0 bridgehead atoms. The monoisotopic (exact) mass is 316 g/mol. The molecule has 4 nitrogen and oxygen atoms in total. The second-order valence-corrected chi connectivity index (χ2v) is 6.67. The zero-order chi connectivity index (χ0) is 16.5. The molecule has 0 unspecified atom stereocenters. The summed E-state index contributed by atoms with van der Waals surface area (Å²) in [6, 6.07) is 16.4. The van der Waals surface area contributed by atoms with Crippen LogP contribution in [0.4, 0.5) is 0 Å². The molecule has 4 heteroatoms. The summed E-state index contributed by atoms with van der Waals surface area (Å²) in [6.45, 7) is 5.15. The fourth-order valence-electron chi connectivity index (χ4n) is 3.48. The molecule has 0 spiro atoms. The molecule has 1 saturated heterocycles. The van der Waals surface area contributed by atoms with E-state index >= 15 is 0 Å². The molecule has 1 fully saturated rings. The molecule has 3 aromatic rings. The molecule has 0 saturated carbocycles. The van der Waals surface area contributed by atoms with Gasteiger partial charge in [0.2, 0.25) is 0 Å².